The lowest BCUT2D eigenvalue weighted by atomic mass is 9.86. The first-order chi connectivity index (χ1) is 11.7. The summed E-state index contributed by atoms with van der Waals surface area (Å²) >= 11 is 0. The van der Waals surface area contributed by atoms with Gasteiger partial charge in [0.15, 0.2) is 0 Å². The van der Waals surface area contributed by atoms with Gasteiger partial charge in [-0.15, -0.1) is 0 Å². The predicted octanol–water partition coefficient (Wildman–Crippen LogP) is 0.937. The summed E-state index contributed by atoms with van der Waals surface area (Å²) in [5, 5.41) is 0. The molecular formula is C16H26N2O5S2. The van der Waals surface area contributed by atoms with Crippen molar-refractivity contribution in [1.82, 2.24) is 9.03 Å². The second kappa shape index (κ2) is 8.13. The second-order valence-electron chi connectivity index (χ2n) is 6.54. The number of nitrogens with one attached hydrogen (secondary N) is 1. The summed E-state index contributed by atoms with van der Waals surface area (Å²) in [5.41, 5.74) is 0.0931. The molecule has 1 aliphatic heterocycles. The van der Waals surface area contributed by atoms with E-state index in [2.05, 4.69) is 4.72 Å². The smallest absolute Gasteiger partial charge is 0.218 e. The summed E-state index contributed by atoms with van der Waals surface area (Å²) in [4.78, 5) is 0. The van der Waals surface area contributed by atoms with Crippen LogP contribution >= 0.6 is 0 Å². The van der Waals surface area contributed by atoms with Crippen molar-refractivity contribution in [2.24, 2.45) is 0 Å². The van der Waals surface area contributed by atoms with E-state index in [-0.39, 0.29) is 5.75 Å². The van der Waals surface area contributed by atoms with Crippen molar-refractivity contribution in [1.29, 1.82) is 0 Å². The molecule has 0 amide bonds. The third kappa shape index (κ3) is 6.03. The van der Waals surface area contributed by atoms with Crippen molar-refractivity contribution in [3.8, 4) is 0 Å². The zero-order valence-electron chi connectivity index (χ0n) is 14.6. The molecule has 0 aromatic heterocycles. The molecule has 1 aromatic rings. The molecule has 0 spiro atoms. The molecular weight excluding hydrogens is 364 g/mol. The quantitative estimate of drug-likeness (QED) is 0.713. The molecule has 2 rings (SSSR count). The summed E-state index contributed by atoms with van der Waals surface area (Å²) in [7, 11) is -5.25. The van der Waals surface area contributed by atoms with Crippen LogP contribution in [-0.4, -0.2) is 59.7 Å². The van der Waals surface area contributed by atoms with Crippen LogP contribution < -0.4 is 4.72 Å². The van der Waals surface area contributed by atoms with E-state index >= 15 is 0 Å². The normalized spacial score (nSPS) is 19.0. The van der Waals surface area contributed by atoms with Crippen LogP contribution in [0.25, 0.3) is 0 Å². The van der Waals surface area contributed by atoms with Crippen LogP contribution in [0.3, 0.4) is 0 Å². The van der Waals surface area contributed by atoms with E-state index < -0.39 is 25.6 Å². The minimum absolute atomic E-state index is 0.0432. The number of benzene rings is 1. The van der Waals surface area contributed by atoms with Gasteiger partial charge in [0.25, 0.3) is 0 Å². The Labute approximate surface area is 150 Å². The first-order valence-corrected chi connectivity index (χ1v) is 11.7. The predicted molar refractivity (Wildman–Crippen MR) is 97.1 cm³/mol. The highest BCUT2D eigenvalue weighted by atomic mass is 32.2. The molecule has 1 aliphatic rings. The lowest BCUT2D eigenvalue weighted by Gasteiger charge is -2.41. The van der Waals surface area contributed by atoms with Crippen LogP contribution in [0.1, 0.15) is 24.8 Å². The first kappa shape index (κ1) is 20.3. The largest absolute Gasteiger partial charge is 0.385 e. The maximum absolute atomic E-state index is 12.6. The van der Waals surface area contributed by atoms with Crippen molar-refractivity contribution in [3.05, 3.63) is 35.9 Å². The molecule has 7 nitrogen and oxygen atoms in total. The number of hydrogen-bond acceptors (Lipinski definition) is 5. The molecule has 0 radical (unpaired) electrons. The van der Waals surface area contributed by atoms with Gasteiger partial charge in [-0.2, -0.15) is 0 Å². The number of nitrogens with zero attached hydrogens (tertiary/aromatic N) is 1. The topological polar surface area (TPSA) is 92.8 Å². The number of methoxy groups -OCH3 is 1. The van der Waals surface area contributed by atoms with Crippen LogP contribution in [0.15, 0.2) is 30.3 Å². The van der Waals surface area contributed by atoms with Gasteiger partial charge < -0.3 is 4.74 Å². The molecule has 9 heteroatoms. The van der Waals surface area contributed by atoms with Crippen LogP contribution in [0.4, 0.5) is 0 Å². The van der Waals surface area contributed by atoms with Gasteiger partial charge >= 0.3 is 0 Å². The molecule has 142 valence electrons. The molecule has 1 heterocycles. The van der Waals surface area contributed by atoms with Gasteiger partial charge in [-0.1, -0.05) is 30.3 Å². The van der Waals surface area contributed by atoms with Gasteiger partial charge in [0.2, 0.25) is 20.0 Å². The highest BCUT2D eigenvalue weighted by Crippen LogP contribution is 2.29. The number of piperidine rings is 1. The summed E-state index contributed by atoms with van der Waals surface area (Å²) < 4.78 is 57.9. The molecule has 1 fully saturated rings. The fraction of sp³-hybridized carbons (Fsp3) is 0.625. The molecule has 1 N–H and O–H groups in total. The first-order valence-electron chi connectivity index (χ1n) is 8.15. The number of ether oxygens (including phenoxy) is 1. The van der Waals surface area contributed by atoms with E-state index in [1.807, 2.05) is 18.2 Å². The fourth-order valence-corrected chi connectivity index (χ4v) is 5.79. The average Bonchev–Trinajstić information content (AvgIpc) is 2.52. The zero-order valence-corrected chi connectivity index (χ0v) is 16.3. The number of sulfonamides is 2. The Morgan fingerprint density at radius 1 is 1.12 bits per heavy atom. The maximum Gasteiger partial charge on any atom is 0.218 e. The molecule has 25 heavy (non-hydrogen) atoms. The highest BCUT2D eigenvalue weighted by Gasteiger charge is 2.39. The number of rotatable bonds is 8. The Morgan fingerprint density at radius 3 is 2.24 bits per heavy atom. The van der Waals surface area contributed by atoms with Crippen molar-refractivity contribution in [2.75, 3.05) is 33.1 Å². The highest BCUT2D eigenvalue weighted by molar-refractivity contribution is 7.88. The minimum atomic E-state index is -3.43. The van der Waals surface area contributed by atoms with Crippen molar-refractivity contribution >= 4 is 20.0 Å². The van der Waals surface area contributed by atoms with Crippen molar-refractivity contribution < 1.29 is 21.6 Å². The van der Waals surface area contributed by atoms with E-state index in [1.165, 1.54) is 4.31 Å². The molecule has 0 bridgehead atoms. The number of hydrogen-bond donors (Lipinski definition) is 1. The minimum Gasteiger partial charge on any atom is -0.385 e. The Bertz CT molecular complexity index is 755. The van der Waals surface area contributed by atoms with Crippen LogP contribution in [0.5, 0.6) is 0 Å². The third-order valence-corrected chi connectivity index (χ3v) is 7.11. The molecule has 0 saturated carbocycles. The Kier molecular flexibility index (Phi) is 6.61. The maximum atomic E-state index is 12.6. The summed E-state index contributed by atoms with van der Waals surface area (Å²) in [5.74, 6) is -0.0432. The monoisotopic (exact) mass is 390 g/mol. The summed E-state index contributed by atoms with van der Waals surface area (Å²) in [6.07, 6.45) is 2.50. The van der Waals surface area contributed by atoms with Crippen molar-refractivity contribution in [2.45, 2.75) is 30.6 Å². The molecule has 0 atom stereocenters. The van der Waals surface area contributed by atoms with E-state index in [0.717, 1.165) is 11.8 Å². The van der Waals surface area contributed by atoms with E-state index in [9.17, 15) is 16.8 Å². The van der Waals surface area contributed by atoms with Crippen LogP contribution in [0, 0.1) is 0 Å². The summed E-state index contributed by atoms with van der Waals surface area (Å²) in [6.45, 7) is 1.00. The summed E-state index contributed by atoms with van der Waals surface area (Å²) in [6, 6.07) is 9.04. The van der Waals surface area contributed by atoms with E-state index in [0.29, 0.717) is 39.0 Å². The fourth-order valence-electron chi connectivity index (χ4n) is 3.16. The van der Waals surface area contributed by atoms with Crippen molar-refractivity contribution in [3.63, 3.8) is 0 Å². The zero-order chi connectivity index (χ0) is 18.6. The molecule has 1 aromatic carbocycles. The standard InChI is InChI=1S/C16H26N2O5S2/c1-23-13-10-16(17-24(2,19)20)8-11-18(12-9-16)25(21,22)14-15-6-4-3-5-7-15/h3-7,17H,8-14H2,1-2H3. The molecule has 0 unspecified atom stereocenters. The Balaban J connectivity index is 2.07. The van der Waals surface area contributed by atoms with Gasteiger partial charge in [-0.3, -0.25) is 0 Å². The average molecular weight is 391 g/mol. The van der Waals surface area contributed by atoms with Gasteiger partial charge in [-0.05, 0) is 24.8 Å². The third-order valence-electron chi connectivity index (χ3n) is 4.45. The Morgan fingerprint density at radius 2 is 1.72 bits per heavy atom. The SMILES string of the molecule is COCCC1(NS(C)(=O)=O)CCN(S(=O)(=O)Cc2ccccc2)CC1. The van der Waals surface area contributed by atoms with Crippen LogP contribution in [0.2, 0.25) is 0 Å². The molecule has 1 saturated heterocycles. The van der Waals surface area contributed by atoms with Gasteiger partial charge in [0.1, 0.15) is 0 Å². The lowest BCUT2D eigenvalue weighted by Crippen LogP contribution is -2.56. The van der Waals surface area contributed by atoms with Crippen LogP contribution in [-0.2, 0) is 30.5 Å². The molecule has 0 aliphatic carbocycles. The Hall–Kier alpha value is -1.00. The second-order valence-corrected chi connectivity index (χ2v) is 10.3. The van der Waals surface area contributed by atoms with Gasteiger partial charge in [-0.25, -0.2) is 25.9 Å². The van der Waals surface area contributed by atoms with Gasteiger partial charge in [0.05, 0.1) is 12.0 Å². The lowest BCUT2D eigenvalue weighted by molar-refractivity contribution is 0.132. The van der Waals surface area contributed by atoms with E-state index in [4.69, 9.17) is 4.74 Å². The van der Waals surface area contributed by atoms with Gasteiger partial charge in [0, 0.05) is 32.3 Å². The van der Waals surface area contributed by atoms with E-state index in [1.54, 1.807) is 19.2 Å².